The molecule has 3 N–H and O–H groups in total. The van der Waals surface area contributed by atoms with Crippen molar-refractivity contribution in [3.63, 3.8) is 0 Å². The molecule has 1 aliphatic rings. The van der Waals surface area contributed by atoms with E-state index < -0.39 is 0 Å². The standard InChI is InChI=1S/C13H20N2O/c1-16-11-6-4-5-10(9-11)12-7-2-3-8-13(12)15-14/h4-6,9,12-13,15H,2-3,7-8,14H2,1H3/t12-,13+/m1/s1. The number of nitrogens with two attached hydrogens (primary N) is 1. The van der Waals surface area contributed by atoms with E-state index in [0.717, 1.165) is 5.75 Å². The Labute approximate surface area is 97.0 Å². The van der Waals surface area contributed by atoms with Crippen molar-refractivity contribution in [1.82, 2.24) is 5.43 Å². The van der Waals surface area contributed by atoms with Gasteiger partial charge >= 0.3 is 0 Å². The number of nitrogens with one attached hydrogen (secondary N) is 1. The molecule has 1 aliphatic carbocycles. The molecule has 0 spiro atoms. The van der Waals surface area contributed by atoms with E-state index >= 15 is 0 Å². The third kappa shape index (κ3) is 2.36. The number of hydrogen-bond acceptors (Lipinski definition) is 3. The van der Waals surface area contributed by atoms with E-state index in [2.05, 4.69) is 23.6 Å². The molecule has 16 heavy (non-hydrogen) atoms. The fraction of sp³-hybridized carbons (Fsp3) is 0.538. The first kappa shape index (κ1) is 11.4. The Morgan fingerprint density at radius 3 is 2.88 bits per heavy atom. The van der Waals surface area contributed by atoms with Crippen LogP contribution in [-0.2, 0) is 0 Å². The highest BCUT2D eigenvalue weighted by atomic mass is 16.5. The fourth-order valence-electron chi connectivity index (χ4n) is 2.60. The summed E-state index contributed by atoms with van der Waals surface area (Å²) in [4.78, 5) is 0. The maximum Gasteiger partial charge on any atom is 0.119 e. The van der Waals surface area contributed by atoms with E-state index in [1.807, 2.05) is 6.07 Å². The summed E-state index contributed by atoms with van der Waals surface area (Å²) in [5, 5.41) is 0. The van der Waals surface area contributed by atoms with Gasteiger partial charge in [0, 0.05) is 12.0 Å². The lowest BCUT2D eigenvalue weighted by Gasteiger charge is -2.31. The second-order valence-electron chi connectivity index (χ2n) is 4.44. The van der Waals surface area contributed by atoms with E-state index in [1.165, 1.54) is 31.2 Å². The number of benzene rings is 1. The van der Waals surface area contributed by atoms with Crippen molar-refractivity contribution in [2.75, 3.05) is 7.11 Å². The summed E-state index contributed by atoms with van der Waals surface area (Å²) in [6, 6.07) is 8.73. The Hall–Kier alpha value is -1.06. The van der Waals surface area contributed by atoms with Gasteiger partial charge in [0.1, 0.15) is 5.75 Å². The van der Waals surface area contributed by atoms with E-state index in [4.69, 9.17) is 10.6 Å². The van der Waals surface area contributed by atoms with Crippen LogP contribution >= 0.6 is 0 Å². The molecule has 88 valence electrons. The molecule has 1 aromatic carbocycles. The summed E-state index contributed by atoms with van der Waals surface area (Å²) in [5.41, 5.74) is 4.28. The zero-order chi connectivity index (χ0) is 11.4. The van der Waals surface area contributed by atoms with Crippen LogP contribution in [0.3, 0.4) is 0 Å². The lowest BCUT2D eigenvalue weighted by molar-refractivity contribution is 0.330. The zero-order valence-electron chi connectivity index (χ0n) is 9.78. The third-order valence-corrected chi connectivity index (χ3v) is 3.50. The number of hydrogen-bond donors (Lipinski definition) is 2. The van der Waals surface area contributed by atoms with Gasteiger partial charge in [-0.15, -0.1) is 0 Å². The fourth-order valence-corrected chi connectivity index (χ4v) is 2.60. The molecule has 1 saturated carbocycles. The van der Waals surface area contributed by atoms with Gasteiger partial charge < -0.3 is 4.74 Å². The van der Waals surface area contributed by atoms with Crippen molar-refractivity contribution >= 4 is 0 Å². The quantitative estimate of drug-likeness (QED) is 0.606. The molecule has 0 amide bonds. The topological polar surface area (TPSA) is 47.3 Å². The van der Waals surface area contributed by atoms with Crippen LogP contribution in [-0.4, -0.2) is 13.2 Å². The van der Waals surface area contributed by atoms with Crippen molar-refractivity contribution < 1.29 is 4.74 Å². The van der Waals surface area contributed by atoms with E-state index in [1.54, 1.807) is 7.11 Å². The minimum absolute atomic E-state index is 0.404. The highest BCUT2D eigenvalue weighted by molar-refractivity contribution is 5.32. The third-order valence-electron chi connectivity index (χ3n) is 3.50. The van der Waals surface area contributed by atoms with Crippen molar-refractivity contribution in [3.8, 4) is 5.75 Å². The Balaban J connectivity index is 2.20. The average molecular weight is 220 g/mol. The molecule has 1 fully saturated rings. The Bertz CT molecular complexity index is 340. The molecule has 0 heterocycles. The molecule has 3 heteroatoms. The van der Waals surface area contributed by atoms with Crippen molar-refractivity contribution in [2.24, 2.45) is 5.84 Å². The lowest BCUT2D eigenvalue weighted by atomic mass is 9.80. The molecule has 0 aromatic heterocycles. The van der Waals surface area contributed by atoms with Crippen LogP contribution < -0.4 is 16.0 Å². The predicted octanol–water partition coefficient (Wildman–Crippen LogP) is 2.18. The van der Waals surface area contributed by atoms with Crippen LogP contribution in [0.1, 0.15) is 37.2 Å². The van der Waals surface area contributed by atoms with Gasteiger partial charge in [-0.3, -0.25) is 11.3 Å². The van der Waals surface area contributed by atoms with Crippen LogP contribution in [0.5, 0.6) is 5.75 Å². The molecule has 0 bridgehead atoms. The van der Waals surface area contributed by atoms with Crippen LogP contribution in [0, 0.1) is 0 Å². The number of rotatable bonds is 3. The molecule has 0 radical (unpaired) electrons. The summed E-state index contributed by atoms with van der Waals surface area (Å²) in [7, 11) is 1.71. The van der Waals surface area contributed by atoms with Gasteiger partial charge in [-0.1, -0.05) is 25.0 Å². The van der Waals surface area contributed by atoms with Crippen LogP contribution in [0.25, 0.3) is 0 Å². The Kier molecular flexibility index (Phi) is 3.80. The van der Waals surface area contributed by atoms with Crippen molar-refractivity contribution in [1.29, 1.82) is 0 Å². The average Bonchev–Trinajstić information content (AvgIpc) is 2.38. The molecule has 3 nitrogen and oxygen atoms in total. The minimum atomic E-state index is 0.404. The summed E-state index contributed by atoms with van der Waals surface area (Å²) < 4.78 is 5.26. The Morgan fingerprint density at radius 2 is 2.12 bits per heavy atom. The second-order valence-corrected chi connectivity index (χ2v) is 4.44. The SMILES string of the molecule is COc1cccc([C@H]2CCCC[C@@H]2NN)c1. The van der Waals surface area contributed by atoms with Crippen LogP contribution in [0.2, 0.25) is 0 Å². The highest BCUT2D eigenvalue weighted by Gasteiger charge is 2.25. The zero-order valence-corrected chi connectivity index (χ0v) is 9.78. The predicted molar refractivity (Wildman–Crippen MR) is 65.3 cm³/mol. The van der Waals surface area contributed by atoms with Crippen molar-refractivity contribution in [3.05, 3.63) is 29.8 Å². The molecule has 1 aromatic rings. The van der Waals surface area contributed by atoms with Gasteiger partial charge in [0.15, 0.2) is 0 Å². The number of methoxy groups -OCH3 is 1. The maximum atomic E-state index is 5.62. The van der Waals surface area contributed by atoms with Gasteiger partial charge in [0.2, 0.25) is 0 Å². The van der Waals surface area contributed by atoms with Gasteiger partial charge in [-0.2, -0.15) is 0 Å². The highest BCUT2D eigenvalue weighted by Crippen LogP contribution is 2.33. The number of ether oxygens (including phenoxy) is 1. The monoisotopic (exact) mass is 220 g/mol. The second kappa shape index (κ2) is 5.32. The summed E-state index contributed by atoms with van der Waals surface area (Å²) >= 11 is 0. The summed E-state index contributed by atoms with van der Waals surface area (Å²) in [6.07, 6.45) is 4.94. The first-order valence-electron chi connectivity index (χ1n) is 5.95. The molecule has 2 atom stereocenters. The van der Waals surface area contributed by atoms with Crippen LogP contribution in [0.4, 0.5) is 0 Å². The van der Waals surface area contributed by atoms with Gasteiger partial charge in [-0.25, -0.2) is 0 Å². The first-order valence-corrected chi connectivity index (χ1v) is 5.95. The van der Waals surface area contributed by atoms with Gasteiger partial charge in [0.05, 0.1) is 7.11 Å². The molecule has 0 saturated heterocycles. The maximum absolute atomic E-state index is 5.62. The smallest absolute Gasteiger partial charge is 0.119 e. The molecule has 0 aliphatic heterocycles. The summed E-state index contributed by atoms with van der Waals surface area (Å²) in [5.74, 6) is 7.07. The van der Waals surface area contributed by atoms with Gasteiger partial charge in [-0.05, 0) is 30.5 Å². The largest absolute Gasteiger partial charge is 0.497 e. The van der Waals surface area contributed by atoms with E-state index in [9.17, 15) is 0 Å². The molecule has 0 unspecified atom stereocenters. The van der Waals surface area contributed by atoms with Crippen LogP contribution in [0.15, 0.2) is 24.3 Å². The normalized spacial score (nSPS) is 25.4. The lowest BCUT2D eigenvalue weighted by Crippen LogP contribution is -2.41. The molecular formula is C13H20N2O. The van der Waals surface area contributed by atoms with Crippen molar-refractivity contribution in [2.45, 2.75) is 37.6 Å². The summed E-state index contributed by atoms with van der Waals surface area (Å²) in [6.45, 7) is 0. The van der Waals surface area contributed by atoms with E-state index in [-0.39, 0.29) is 0 Å². The number of hydrazine groups is 1. The van der Waals surface area contributed by atoms with E-state index in [0.29, 0.717) is 12.0 Å². The Morgan fingerprint density at radius 1 is 1.31 bits per heavy atom. The van der Waals surface area contributed by atoms with Gasteiger partial charge in [0.25, 0.3) is 0 Å². The molecular weight excluding hydrogens is 200 g/mol. The molecule has 2 rings (SSSR count). The minimum Gasteiger partial charge on any atom is -0.497 e. The first-order chi connectivity index (χ1) is 7.85.